The van der Waals surface area contributed by atoms with Crippen LogP contribution < -0.4 is 10.5 Å². The van der Waals surface area contributed by atoms with Gasteiger partial charge in [-0.05, 0) is 24.6 Å². The minimum absolute atomic E-state index is 0.445. The number of ether oxygens (including phenoxy) is 1. The third kappa shape index (κ3) is 2.47. The lowest BCUT2D eigenvalue weighted by atomic mass is 10.1. The van der Waals surface area contributed by atoms with E-state index in [1.54, 1.807) is 13.2 Å². The molecule has 0 atom stereocenters. The quantitative estimate of drug-likeness (QED) is 0.919. The Labute approximate surface area is 110 Å². The Morgan fingerprint density at radius 2 is 2.17 bits per heavy atom. The van der Waals surface area contributed by atoms with Gasteiger partial charge in [-0.1, -0.05) is 11.6 Å². The summed E-state index contributed by atoms with van der Waals surface area (Å²) in [5, 5.41) is 8.43. The van der Waals surface area contributed by atoms with E-state index in [1.165, 1.54) is 0 Å². The van der Waals surface area contributed by atoms with Crippen LogP contribution in [0.3, 0.4) is 0 Å². The van der Waals surface area contributed by atoms with E-state index < -0.39 is 0 Å². The average Bonchev–Trinajstić information content (AvgIpc) is 2.80. The van der Waals surface area contributed by atoms with Crippen LogP contribution in [0.2, 0.25) is 5.02 Å². The van der Waals surface area contributed by atoms with Gasteiger partial charge in [0.2, 0.25) is 11.8 Å². The van der Waals surface area contributed by atoms with E-state index in [0.29, 0.717) is 35.5 Å². The van der Waals surface area contributed by atoms with E-state index in [9.17, 15) is 0 Å². The largest absolute Gasteiger partial charge is 0.495 e. The maximum atomic E-state index is 6.08. The third-order valence-corrected chi connectivity index (χ3v) is 2.85. The predicted molar refractivity (Wildman–Crippen MR) is 68.8 cm³/mol. The zero-order valence-electron chi connectivity index (χ0n) is 10.2. The lowest BCUT2D eigenvalue weighted by Crippen LogP contribution is -2.02. The fraction of sp³-hybridized carbons (Fsp3) is 0.333. The molecule has 18 heavy (non-hydrogen) atoms. The summed E-state index contributed by atoms with van der Waals surface area (Å²) in [6, 6.07) is 3.60. The molecule has 0 amide bonds. The normalized spacial score (nSPS) is 10.7. The van der Waals surface area contributed by atoms with Crippen LogP contribution in [-0.2, 0) is 6.42 Å². The molecule has 0 aliphatic heterocycles. The number of methoxy groups -OCH3 is 1. The lowest BCUT2D eigenvalue weighted by Gasteiger charge is -2.07. The summed E-state index contributed by atoms with van der Waals surface area (Å²) in [5.74, 6) is 1.60. The molecule has 2 rings (SSSR count). The van der Waals surface area contributed by atoms with Crippen molar-refractivity contribution in [2.45, 2.75) is 13.3 Å². The zero-order valence-corrected chi connectivity index (χ0v) is 11.0. The molecule has 6 heteroatoms. The summed E-state index contributed by atoms with van der Waals surface area (Å²) in [6.07, 6.45) is 0.565. The molecule has 0 saturated heterocycles. The van der Waals surface area contributed by atoms with Crippen molar-refractivity contribution >= 4 is 11.6 Å². The number of hydrogen-bond donors (Lipinski definition) is 1. The number of aryl methyl sites for hydroxylation is 1. The minimum atomic E-state index is 0.445. The number of aromatic nitrogens is 2. The monoisotopic (exact) mass is 267 g/mol. The van der Waals surface area contributed by atoms with Gasteiger partial charge < -0.3 is 14.9 Å². The molecule has 1 aromatic carbocycles. The third-order valence-electron chi connectivity index (χ3n) is 2.55. The van der Waals surface area contributed by atoms with E-state index in [1.807, 2.05) is 13.0 Å². The molecule has 1 aromatic heterocycles. The van der Waals surface area contributed by atoms with Crippen LogP contribution in [0.1, 0.15) is 11.5 Å². The summed E-state index contributed by atoms with van der Waals surface area (Å²) in [7, 11) is 1.58. The molecule has 0 radical (unpaired) electrons. The minimum Gasteiger partial charge on any atom is -0.495 e. The van der Waals surface area contributed by atoms with Crippen molar-refractivity contribution in [1.29, 1.82) is 0 Å². The van der Waals surface area contributed by atoms with Gasteiger partial charge in [0.1, 0.15) is 5.75 Å². The van der Waals surface area contributed by atoms with Gasteiger partial charge in [-0.25, -0.2) is 0 Å². The van der Waals surface area contributed by atoms with Crippen molar-refractivity contribution in [3.63, 3.8) is 0 Å². The van der Waals surface area contributed by atoms with Crippen LogP contribution >= 0.6 is 11.6 Å². The molecule has 0 aliphatic carbocycles. The van der Waals surface area contributed by atoms with E-state index in [0.717, 1.165) is 11.1 Å². The highest BCUT2D eigenvalue weighted by atomic mass is 35.5. The first kappa shape index (κ1) is 12.9. The van der Waals surface area contributed by atoms with E-state index in [2.05, 4.69) is 10.2 Å². The van der Waals surface area contributed by atoms with Gasteiger partial charge in [0.15, 0.2) is 0 Å². The first-order valence-corrected chi connectivity index (χ1v) is 5.90. The number of halogens is 1. The van der Waals surface area contributed by atoms with Crippen molar-refractivity contribution in [2.24, 2.45) is 5.73 Å². The summed E-state index contributed by atoms with van der Waals surface area (Å²) >= 11 is 6.08. The Balaban J connectivity index is 2.40. The average molecular weight is 268 g/mol. The Morgan fingerprint density at radius 1 is 1.39 bits per heavy atom. The fourth-order valence-electron chi connectivity index (χ4n) is 1.63. The van der Waals surface area contributed by atoms with Gasteiger partial charge in [-0.3, -0.25) is 0 Å². The van der Waals surface area contributed by atoms with Crippen molar-refractivity contribution in [1.82, 2.24) is 10.2 Å². The van der Waals surface area contributed by atoms with Gasteiger partial charge in [0, 0.05) is 18.5 Å². The molecule has 2 N–H and O–H groups in total. The Bertz CT molecular complexity index is 554. The molecule has 96 valence electrons. The van der Waals surface area contributed by atoms with E-state index in [4.69, 9.17) is 26.5 Å². The van der Waals surface area contributed by atoms with Crippen LogP contribution in [0.5, 0.6) is 5.75 Å². The zero-order chi connectivity index (χ0) is 13.1. The van der Waals surface area contributed by atoms with Crippen molar-refractivity contribution in [2.75, 3.05) is 13.7 Å². The molecule has 0 unspecified atom stereocenters. The highest BCUT2D eigenvalue weighted by molar-refractivity contribution is 6.32. The van der Waals surface area contributed by atoms with Gasteiger partial charge in [-0.15, -0.1) is 10.2 Å². The highest BCUT2D eigenvalue weighted by Gasteiger charge is 2.13. The summed E-state index contributed by atoms with van der Waals surface area (Å²) in [5.41, 5.74) is 7.19. The molecule has 0 saturated carbocycles. The molecule has 5 nitrogen and oxygen atoms in total. The summed E-state index contributed by atoms with van der Waals surface area (Å²) in [6.45, 7) is 2.41. The molecule has 0 aliphatic rings. The van der Waals surface area contributed by atoms with Gasteiger partial charge >= 0.3 is 0 Å². The smallest absolute Gasteiger partial charge is 0.248 e. The molecule has 0 spiro atoms. The Morgan fingerprint density at radius 3 is 2.83 bits per heavy atom. The fourth-order valence-corrected chi connectivity index (χ4v) is 1.87. The molecular weight excluding hydrogens is 254 g/mol. The highest BCUT2D eigenvalue weighted by Crippen LogP contribution is 2.32. The number of benzene rings is 1. The van der Waals surface area contributed by atoms with Crippen molar-refractivity contribution in [3.05, 3.63) is 28.6 Å². The SMILES string of the molecule is COc1cc(C)c(-c2nnc(CCN)o2)cc1Cl. The van der Waals surface area contributed by atoms with Crippen LogP contribution in [0, 0.1) is 6.92 Å². The van der Waals surface area contributed by atoms with E-state index >= 15 is 0 Å². The van der Waals surface area contributed by atoms with Crippen molar-refractivity contribution in [3.8, 4) is 17.2 Å². The maximum Gasteiger partial charge on any atom is 0.248 e. The molecule has 1 heterocycles. The van der Waals surface area contributed by atoms with Crippen LogP contribution in [0.15, 0.2) is 16.5 Å². The van der Waals surface area contributed by atoms with Crippen LogP contribution in [-0.4, -0.2) is 23.9 Å². The lowest BCUT2D eigenvalue weighted by molar-refractivity contribution is 0.414. The first-order chi connectivity index (χ1) is 8.65. The van der Waals surface area contributed by atoms with Gasteiger partial charge in [0.05, 0.1) is 12.1 Å². The summed E-state index contributed by atoms with van der Waals surface area (Å²) in [4.78, 5) is 0. The van der Waals surface area contributed by atoms with E-state index in [-0.39, 0.29) is 0 Å². The standard InChI is InChI=1S/C12H14ClN3O2/c1-7-5-10(17-2)9(13)6-8(7)12-16-15-11(18-12)3-4-14/h5-6H,3-4,14H2,1-2H3. The summed E-state index contributed by atoms with van der Waals surface area (Å²) < 4.78 is 10.7. The Kier molecular flexibility index (Phi) is 3.84. The Hall–Kier alpha value is -1.59. The van der Waals surface area contributed by atoms with Gasteiger partial charge in [0.25, 0.3) is 0 Å². The molecule has 0 fully saturated rings. The van der Waals surface area contributed by atoms with Gasteiger partial charge in [-0.2, -0.15) is 0 Å². The molecule has 0 bridgehead atoms. The second-order valence-electron chi connectivity index (χ2n) is 3.84. The number of nitrogens with zero attached hydrogens (tertiary/aromatic N) is 2. The second-order valence-corrected chi connectivity index (χ2v) is 4.25. The molecule has 2 aromatic rings. The topological polar surface area (TPSA) is 74.2 Å². The number of hydrogen-bond acceptors (Lipinski definition) is 5. The van der Waals surface area contributed by atoms with Crippen LogP contribution in [0.4, 0.5) is 0 Å². The van der Waals surface area contributed by atoms with Crippen LogP contribution in [0.25, 0.3) is 11.5 Å². The first-order valence-electron chi connectivity index (χ1n) is 5.52. The number of nitrogens with two attached hydrogens (primary N) is 1. The second kappa shape index (κ2) is 5.37. The predicted octanol–water partition coefficient (Wildman–Crippen LogP) is 2.21. The molecular formula is C12H14ClN3O2. The van der Waals surface area contributed by atoms with Crippen molar-refractivity contribution < 1.29 is 9.15 Å². The maximum absolute atomic E-state index is 6.08. The number of rotatable bonds is 4.